The second-order valence-corrected chi connectivity index (χ2v) is 8.02. The molecule has 1 fully saturated rings. The lowest BCUT2D eigenvalue weighted by Gasteiger charge is -2.15. The van der Waals surface area contributed by atoms with Crippen molar-refractivity contribution in [1.29, 1.82) is 0 Å². The van der Waals surface area contributed by atoms with E-state index in [0.29, 0.717) is 6.54 Å². The molecule has 1 aliphatic rings. The van der Waals surface area contributed by atoms with Crippen LogP contribution in [-0.4, -0.2) is 28.5 Å². The number of fused-ring (bicyclic) bond motifs is 1. The lowest BCUT2D eigenvalue weighted by molar-refractivity contribution is -0.130. The van der Waals surface area contributed by atoms with Crippen molar-refractivity contribution >= 4 is 28.6 Å². The summed E-state index contributed by atoms with van der Waals surface area (Å²) in [6.45, 7) is 4.38. The highest BCUT2D eigenvalue weighted by molar-refractivity contribution is 7.98. The lowest BCUT2D eigenvalue weighted by atomic mass is 10.2. The van der Waals surface area contributed by atoms with Gasteiger partial charge >= 0.3 is 0 Å². The van der Waals surface area contributed by atoms with Crippen molar-refractivity contribution in [2.75, 3.05) is 13.1 Å². The number of aryl methyl sites for hydroxylation is 1. The van der Waals surface area contributed by atoms with Crippen LogP contribution >= 0.6 is 11.8 Å². The molecule has 1 aromatic heterocycles. The fourth-order valence-electron chi connectivity index (χ4n) is 3.63. The number of carbonyl (C=O) groups excluding carboxylic acids is 1. The number of carbonyl (C=O) groups is 1. The number of thioether (sulfide) groups is 1. The first kappa shape index (κ1) is 17.2. The minimum Gasteiger partial charge on any atom is -0.341 e. The average molecular weight is 365 g/mol. The van der Waals surface area contributed by atoms with E-state index in [0.717, 1.165) is 37.2 Å². The Kier molecular flexibility index (Phi) is 5.02. The highest BCUT2D eigenvalue weighted by Crippen LogP contribution is 2.32. The summed E-state index contributed by atoms with van der Waals surface area (Å²) in [5.74, 6) is 1.17. The van der Waals surface area contributed by atoms with Gasteiger partial charge in [0.15, 0.2) is 0 Å². The van der Waals surface area contributed by atoms with Gasteiger partial charge in [-0.15, -0.1) is 11.8 Å². The smallest absolute Gasteiger partial charge is 0.242 e. The second kappa shape index (κ2) is 7.58. The first-order valence-electron chi connectivity index (χ1n) is 9.25. The van der Waals surface area contributed by atoms with E-state index in [1.807, 2.05) is 22.7 Å². The second-order valence-electron chi connectivity index (χ2n) is 7.00. The highest BCUT2D eigenvalue weighted by atomic mass is 32.2. The van der Waals surface area contributed by atoms with Crippen molar-refractivity contribution in [3.8, 4) is 0 Å². The van der Waals surface area contributed by atoms with Gasteiger partial charge in [0.2, 0.25) is 5.91 Å². The molecule has 0 N–H and O–H groups in total. The molecule has 0 bridgehead atoms. The van der Waals surface area contributed by atoms with Gasteiger partial charge in [-0.05, 0) is 31.4 Å². The fourth-order valence-corrected chi connectivity index (χ4v) is 4.67. The number of para-hydroxylation sites is 1. The monoisotopic (exact) mass is 364 g/mol. The van der Waals surface area contributed by atoms with E-state index in [1.165, 1.54) is 21.4 Å². The molecule has 0 aliphatic carbocycles. The molecule has 2 aromatic carbocycles. The molecule has 0 saturated carbocycles. The number of amides is 1. The number of aromatic nitrogens is 1. The molecule has 1 amide bonds. The van der Waals surface area contributed by atoms with Crippen LogP contribution in [-0.2, 0) is 17.1 Å². The number of likely N-dealkylation sites (tertiary alicyclic amines) is 1. The first-order valence-corrected chi connectivity index (χ1v) is 10.2. The van der Waals surface area contributed by atoms with Crippen LogP contribution in [0.1, 0.15) is 24.0 Å². The third-order valence-corrected chi connectivity index (χ3v) is 6.11. The summed E-state index contributed by atoms with van der Waals surface area (Å²) in [6.07, 6.45) is 4.42. The molecule has 3 aromatic rings. The Morgan fingerprint density at radius 1 is 1.08 bits per heavy atom. The topological polar surface area (TPSA) is 25.2 Å². The Hall–Kier alpha value is -2.20. The summed E-state index contributed by atoms with van der Waals surface area (Å²) in [6, 6.07) is 17.1. The Morgan fingerprint density at radius 3 is 2.69 bits per heavy atom. The van der Waals surface area contributed by atoms with Gasteiger partial charge in [0, 0.05) is 40.8 Å². The van der Waals surface area contributed by atoms with Crippen LogP contribution in [0.5, 0.6) is 0 Å². The van der Waals surface area contributed by atoms with E-state index in [-0.39, 0.29) is 5.91 Å². The minimum atomic E-state index is 0.235. The van der Waals surface area contributed by atoms with Crippen molar-refractivity contribution < 1.29 is 4.79 Å². The van der Waals surface area contributed by atoms with Crippen LogP contribution in [0.15, 0.2) is 59.6 Å². The molecule has 3 nitrogen and oxygen atoms in total. The van der Waals surface area contributed by atoms with E-state index in [9.17, 15) is 4.79 Å². The number of rotatable bonds is 5. The van der Waals surface area contributed by atoms with Crippen LogP contribution < -0.4 is 0 Å². The Bertz CT molecular complexity index is 925. The van der Waals surface area contributed by atoms with Gasteiger partial charge in [0.05, 0.1) is 0 Å². The van der Waals surface area contributed by atoms with E-state index in [1.54, 1.807) is 0 Å². The van der Waals surface area contributed by atoms with Gasteiger partial charge in [-0.3, -0.25) is 4.79 Å². The van der Waals surface area contributed by atoms with Gasteiger partial charge in [0.1, 0.15) is 6.54 Å². The number of hydrogen-bond acceptors (Lipinski definition) is 2. The first-order chi connectivity index (χ1) is 12.7. The molecule has 4 rings (SSSR count). The van der Waals surface area contributed by atoms with Gasteiger partial charge in [0.25, 0.3) is 0 Å². The van der Waals surface area contributed by atoms with Gasteiger partial charge in [-0.2, -0.15) is 0 Å². The van der Waals surface area contributed by atoms with Crippen molar-refractivity contribution in [3.63, 3.8) is 0 Å². The van der Waals surface area contributed by atoms with E-state index in [2.05, 4.69) is 60.2 Å². The summed E-state index contributed by atoms with van der Waals surface area (Å²) in [7, 11) is 0. The SMILES string of the molecule is Cc1cccc(CSc2cn(CC(=O)N3CCCC3)c3ccccc23)c1. The van der Waals surface area contributed by atoms with Gasteiger partial charge < -0.3 is 9.47 Å². The van der Waals surface area contributed by atoms with E-state index in [4.69, 9.17) is 0 Å². The number of nitrogens with zero attached hydrogens (tertiary/aromatic N) is 2. The quantitative estimate of drug-likeness (QED) is 0.604. The average Bonchev–Trinajstić information content (AvgIpc) is 3.29. The predicted octanol–water partition coefficient (Wildman–Crippen LogP) is 4.86. The molecule has 0 atom stereocenters. The van der Waals surface area contributed by atoms with Crippen molar-refractivity contribution in [2.24, 2.45) is 0 Å². The molecule has 2 heterocycles. The number of hydrogen-bond donors (Lipinski definition) is 0. The zero-order chi connectivity index (χ0) is 17.9. The third kappa shape index (κ3) is 3.65. The molecule has 0 radical (unpaired) electrons. The molecule has 1 saturated heterocycles. The number of benzene rings is 2. The van der Waals surface area contributed by atoms with Crippen LogP contribution in [0.3, 0.4) is 0 Å². The maximum atomic E-state index is 12.6. The Balaban J connectivity index is 1.56. The van der Waals surface area contributed by atoms with Gasteiger partial charge in [-0.1, -0.05) is 48.0 Å². The molecular formula is C22H24N2OS. The normalized spacial score (nSPS) is 14.3. The molecular weight excluding hydrogens is 340 g/mol. The lowest BCUT2D eigenvalue weighted by Crippen LogP contribution is -2.30. The van der Waals surface area contributed by atoms with Crippen molar-refractivity contribution in [1.82, 2.24) is 9.47 Å². The zero-order valence-corrected chi connectivity index (χ0v) is 16.0. The molecule has 26 heavy (non-hydrogen) atoms. The van der Waals surface area contributed by atoms with Crippen molar-refractivity contribution in [2.45, 2.75) is 37.0 Å². The molecule has 0 unspecified atom stereocenters. The molecule has 0 spiro atoms. The van der Waals surface area contributed by atoms with Crippen LogP contribution in [0.2, 0.25) is 0 Å². The maximum Gasteiger partial charge on any atom is 0.242 e. The molecule has 1 aliphatic heterocycles. The minimum absolute atomic E-state index is 0.235. The summed E-state index contributed by atoms with van der Waals surface area (Å²) < 4.78 is 2.12. The predicted molar refractivity (Wildman–Crippen MR) is 108 cm³/mol. The highest BCUT2D eigenvalue weighted by Gasteiger charge is 2.19. The van der Waals surface area contributed by atoms with Crippen LogP contribution in [0.25, 0.3) is 10.9 Å². The van der Waals surface area contributed by atoms with Crippen LogP contribution in [0.4, 0.5) is 0 Å². The summed E-state index contributed by atoms with van der Waals surface area (Å²) in [4.78, 5) is 15.8. The third-order valence-electron chi connectivity index (χ3n) is 4.99. The van der Waals surface area contributed by atoms with Crippen LogP contribution in [0, 0.1) is 6.92 Å². The van der Waals surface area contributed by atoms with Crippen molar-refractivity contribution in [3.05, 3.63) is 65.9 Å². The standard InChI is InChI=1S/C22H24N2OS/c1-17-7-6-8-18(13-17)16-26-21-14-24(20-10-3-2-9-19(20)21)15-22(25)23-11-4-5-12-23/h2-3,6-10,13-14H,4-5,11-12,15-16H2,1H3. The van der Waals surface area contributed by atoms with E-state index < -0.39 is 0 Å². The summed E-state index contributed by atoms with van der Waals surface area (Å²) in [5.41, 5.74) is 3.77. The maximum absolute atomic E-state index is 12.6. The molecule has 4 heteroatoms. The fraction of sp³-hybridized carbons (Fsp3) is 0.318. The summed E-state index contributed by atoms with van der Waals surface area (Å²) >= 11 is 1.85. The molecule has 134 valence electrons. The summed E-state index contributed by atoms with van der Waals surface area (Å²) in [5, 5.41) is 1.24. The Morgan fingerprint density at radius 2 is 1.88 bits per heavy atom. The Labute approximate surface area is 159 Å². The zero-order valence-electron chi connectivity index (χ0n) is 15.1. The largest absolute Gasteiger partial charge is 0.341 e. The van der Waals surface area contributed by atoms with Gasteiger partial charge in [-0.25, -0.2) is 0 Å². The van der Waals surface area contributed by atoms with E-state index >= 15 is 0 Å².